The third-order valence-electron chi connectivity index (χ3n) is 1.58. The van der Waals surface area contributed by atoms with Crippen molar-refractivity contribution in [1.82, 2.24) is 4.57 Å². The van der Waals surface area contributed by atoms with Crippen LogP contribution in [-0.2, 0) is 13.5 Å². The molecular weight excluding hydrogens is 150 g/mol. The van der Waals surface area contributed by atoms with Crippen LogP contribution in [0.5, 0.6) is 0 Å². The van der Waals surface area contributed by atoms with E-state index in [-0.39, 0.29) is 5.56 Å². The van der Waals surface area contributed by atoms with Gasteiger partial charge in [0, 0.05) is 18.8 Å². The molecule has 0 amide bonds. The summed E-state index contributed by atoms with van der Waals surface area (Å²) in [5.41, 5.74) is 0.995. The van der Waals surface area contributed by atoms with Gasteiger partial charge >= 0.3 is 0 Å². The van der Waals surface area contributed by atoms with Crippen LogP contribution in [0.2, 0.25) is 0 Å². The van der Waals surface area contributed by atoms with E-state index >= 15 is 0 Å². The molecule has 0 aliphatic heterocycles. The van der Waals surface area contributed by atoms with Gasteiger partial charge in [-0.25, -0.2) is 0 Å². The molecule has 12 heavy (non-hydrogen) atoms. The largest absolute Gasteiger partial charge is 0.318 e. The molecular formula is C10H17NO. The number of nitrogens with zero attached hydrogens (tertiary/aromatic N) is 1. The Kier molecular flexibility index (Phi) is 5.09. The Morgan fingerprint density at radius 2 is 2.00 bits per heavy atom. The van der Waals surface area contributed by atoms with Crippen LogP contribution in [0.1, 0.15) is 26.3 Å². The van der Waals surface area contributed by atoms with Gasteiger partial charge in [-0.05, 0) is 12.5 Å². The Labute approximate surface area is 73.9 Å². The number of pyridine rings is 1. The first kappa shape index (κ1) is 11.0. The molecule has 0 fully saturated rings. The minimum Gasteiger partial charge on any atom is -0.318 e. The van der Waals surface area contributed by atoms with E-state index in [1.807, 2.05) is 32.9 Å². The second-order valence-corrected chi connectivity index (χ2v) is 2.30. The lowest BCUT2D eigenvalue weighted by molar-refractivity contribution is 0.835. The fourth-order valence-electron chi connectivity index (χ4n) is 0.923. The van der Waals surface area contributed by atoms with Crippen molar-refractivity contribution >= 4 is 0 Å². The molecule has 0 saturated heterocycles. The lowest BCUT2D eigenvalue weighted by Crippen LogP contribution is -2.19. The molecule has 0 saturated carbocycles. The van der Waals surface area contributed by atoms with Crippen LogP contribution in [0, 0.1) is 0 Å². The van der Waals surface area contributed by atoms with E-state index in [1.54, 1.807) is 17.8 Å². The van der Waals surface area contributed by atoms with Crippen LogP contribution in [-0.4, -0.2) is 4.57 Å². The van der Waals surface area contributed by atoms with Crippen LogP contribution in [0.25, 0.3) is 0 Å². The first-order valence-electron chi connectivity index (χ1n) is 4.40. The van der Waals surface area contributed by atoms with Crippen molar-refractivity contribution in [3.63, 3.8) is 0 Å². The standard InChI is InChI=1S/C8H11NO.C2H6/c1-3-7-5-4-6-9(2)8(7)10;1-2/h4-6H,3H2,1-2H3;1-2H3. The number of hydrogen-bond acceptors (Lipinski definition) is 1. The Bertz CT molecular complexity index is 275. The quantitative estimate of drug-likeness (QED) is 0.626. The predicted octanol–water partition coefficient (Wildman–Crippen LogP) is 1.97. The van der Waals surface area contributed by atoms with Gasteiger partial charge in [-0.2, -0.15) is 0 Å². The van der Waals surface area contributed by atoms with Crippen molar-refractivity contribution in [3.8, 4) is 0 Å². The minimum atomic E-state index is 0.116. The molecule has 2 nitrogen and oxygen atoms in total. The van der Waals surface area contributed by atoms with Crippen LogP contribution in [0.4, 0.5) is 0 Å². The summed E-state index contributed by atoms with van der Waals surface area (Å²) < 4.78 is 1.60. The summed E-state index contributed by atoms with van der Waals surface area (Å²) >= 11 is 0. The number of aryl methyl sites for hydroxylation is 2. The highest BCUT2D eigenvalue weighted by Gasteiger charge is 1.94. The molecule has 1 aromatic rings. The van der Waals surface area contributed by atoms with E-state index in [2.05, 4.69) is 0 Å². The van der Waals surface area contributed by atoms with E-state index in [4.69, 9.17) is 0 Å². The predicted molar refractivity (Wildman–Crippen MR) is 52.4 cm³/mol. The van der Waals surface area contributed by atoms with E-state index in [9.17, 15) is 4.79 Å². The molecule has 0 aliphatic rings. The van der Waals surface area contributed by atoms with E-state index in [0.717, 1.165) is 12.0 Å². The summed E-state index contributed by atoms with van der Waals surface area (Å²) in [5, 5.41) is 0. The maximum atomic E-state index is 11.2. The second kappa shape index (κ2) is 5.58. The molecule has 2 heteroatoms. The third kappa shape index (κ3) is 2.53. The number of hydrogen-bond donors (Lipinski definition) is 0. The summed E-state index contributed by atoms with van der Waals surface area (Å²) in [6.07, 6.45) is 2.58. The van der Waals surface area contributed by atoms with Crippen molar-refractivity contribution in [3.05, 3.63) is 34.2 Å². The van der Waals surface area contributed by atoms with Gasteiger partial charge in [0.2, 0.25) is 0 Å². The highest BCUT2D eigenvalue weighted by Crippen LogP contribution is 1.89. The second-order valence-electron chi connectivity index (χ2n) is 2.30. The third-order valence-corrected chi connectivity index (χ3v) is 1.58. The molecule has 68 valence electrons. The summed E-state index contributed by atoms with van der Waals surface area (Å²) in [6.45, 7) is 5.98. The van der Waals surface area contributed by atoms with Gasteiger partial charge in [0.15, 0.2) is 0 Å². The zero-order valence-corrected chi connectivity index (χ0v) is 8.29. The molecule has 0 atom stereocenters. The molecule has 0 N–H and O–H groups in total. The molecule has 0 aromatic carbocycles. The van der Waals surface area contributed by atoms with Crippen LogP contribution in [0.3, 0.4) is 0 Å². The van der Waals surface area contributed by atoms with E-state index in [0.29, 0.717) is 0 Å². The summed E-state index contributed by atoms with van der Waals surface area (Å²) in [6, 6.07) is 3.75. The molecule has 1 heterocycles. The highest BCUT2D eigenvalue weighted by molar-refractivity contribution is 5.09. The Hall–Kier alpha value is -1.05. The smallest absolute Gasteiger partial charge is 0.253 e. The van der Waals surface area contributed by atoms with Gasteiger partial charge in [-0.1, -0.05) is 26.8 Å². The number of aromatic nitrogens is 1. The maximum absolute atomic E-state index is 11.2. The van der Waals surface area contributed by atoms with Crippen molar-refractivity contribution in [2.24, 2.45) is 7.05 Å². The monoisotopic (exact) mass is 167 g/mol. The molecule has 0 bridgehead atoms. The average molecular weight is 167 g/mol. The van der Waals surface area contributed by atoms with Crippen molar-refractivity contribution in [2.75, 3.05) is 0 Å². The summed E-state index contributed by atoms with van der Waals surface area (Å²) in [4.78, 5) is 11.2. The normalized spacial score (nSPS) is 8.67. The van der Waals surface area contributed by atoms with Crippen molar-refractivity contribution in [1.29, 1.82) is 0 Å². The van der Waals surface area contributed by atoms with Crippen molar-refractivity contribution < 1.29 is 0 Å². The lowest BCUT2D eigenvalue weighted by Gasteiger charge is -1.97. The van der Waals surface area contributed by atoms with Crippen LogP contribution >= 0.6 is 0 Å². The SMILES string of the molecule is CC.CCc1cccn(C)c1=O. The van der Waals surface area contributed by atoms with Gasteiger partial charge in [0.05, 0.1) is 0 Å². The zero-order valence-electron chi connectivity index (χ0n) is 8.29. The maximum Gasteiger partial charge on any atom is 0.253 e. The highest BCUT2D eigenvalue weighted by atomic mass is 16.1. The van der Waals surface area contributed by atoms with E-state index < -0.39 is 0 Å². The molecule has 1 aromatic heterocycles. The van der Waals surface area contributed by atoms with Gasteiger partial charge in [-0.3, -0.25) is 4.79 Å². The Morgan fingerprint density at radius 3 is 2.42 bits per heavy atom. The van der Waals surface area contributed by atoms with Crippen LogP contribution in [0.15, 0.2) is 23.1 Å². The lowest BCUT2D eigenvalue weighted by atomic mass is 10.2. The topological polar surface area (TPSA) is 22.0 Å². The van der Waals surface area contributed by atoms with Crippen molar-refractivity contribution in [2.45, 2.75) is 27.2 Å². The van der Waals surface area contributed by atoms with Gasteiger partial charge in [0.25, 0.3) is 5.56 Å². The molecule has 0 spiro atoms. The Balaban J connectivity index is 0.000000561. The fourth-order valence-corrected chi connectivity index (χ4v) is 0.923. The van der Waals surface area contributed by atoms with Crippen LogP contribution < -0.4 is 5.56 Å². The van der Waals surface area contributed by atoms with Gasteiger partial charge in [0.1, 0.15) is 0 Å². The first-order valence-corrected chi connectivity index (χ1v) is 4.40. The first-order chi connectivity index (χ1) is 5.75. The molecule has 0 aliphatic carbocycles. The fraction of sp³-hybridized carbons (Fsp3) is 0.500. The van der Waals surface area contributed by atoms with E-state index in [1.165, 1.54) is 0 Å². The number of rotatable bonds is 1. The van der Waals surface area contributed by atoms with Gasteiger partial charge in [-0.15, -0.1) is 0 Å². The van der Waals surface area contributed by atoms with Gasteiger partial charge < -0.3 is 4.57 Å². The Morgan fingerprint density at radius 1 is 1.42 bits per heavy atom. The zero-order chi connectivity index (χ0) is 9.56. The average Bonchev–Trinajstić information content (AvgIpc) is 2.13. The summed E-state index contributed by atoms with van der Waals surface area (Å²) in [5.74, 6) is 0. The summed E-state index contributed by atoms with van der Waals surface area (Å²) in [7, 11) is 1.77. The minimum absolute atomic E-state index is 0.116. The molecule has 0 radical (unpaired) electrons. The molecule has 1 rings (SSSR count). The molecule has 0 unspecified atom stereocenters.